The molecule has 0 aliphatic heterocycles. The van der Waals surface area contributed by atoms with Crippen LogP contribution < -0.4 is 11.5 Å². The van der Waals surface area contributed by atoms with E-state index in [1.54, 1.807) is 0 Å². The van der Waals surface area contributed by atoms with Gasteiger partial charge in [0.05, 0.1) is 0 Å². The molecular formula is C5H15N5O11. The predicted molar refractivity (Wildman–Crippen MR) is 60.2 cm³/mol. The van der Waals surface area contributed by atoms with Gasteiger partial charge in [0.1, 0.15) is 6.04 Å². The first-order valence-corrected chi connectivity index (χ1v) is 4.56. The summed E-state index contributed by atoms with van der Waals surface area (Å²) in [6, 6.07) is -0.742. The monoisotopic (exact) mass is 321 g/mol. The molecule has 0 aromatic carbocycles. The Kier molecular flexibility index (Phi) is 24.4. The van der Waals surface area contributed by atoms with Crippen molar-refractivity contribution in [3.63, 3.8) is 0 Å². The summed E-state index contributed by atoms with van der Waals surface area (Å²) in [4.78, 5) is 35.1. The number of hydrogen-bond acceptors (Lipinski definition) is 9. The van der Waals surface area contributed by atoms with Gasteiger partial charge in [-0.25, -0.2) is 0 Å². The van der Waals surface area contributed by atoms with Crippen molar-refractivity contribution in [1.29, 1.82) is 0 Å². The fraction of sp³-hybridized carbons (Fsp3) is 0.800. The van der Waals surface area contributed by atoms with Crippen molar-refractivity contribution in [2.75, 3.05) is 6.54 Å². The fourth-order valence-electron chi connectivity index (χ4n) is 0.461. The standard InChI is InChI=1S/C5H12N2O2.3HNO3/c6-3-1-2-4(7)5(8)9;3*2-1(3)4/h4H,1-3,6-7H2,(H,8,9);3*(H,2,3,4)/t4-;;;/m1.../s1. The van der Waals surface area contributed by atoms with E-state index in [1.165, 1.54) is 0 Å². The third-order valence-electron chi connectivity index (χ3n) is 1.04. The van der Waals surface area contributed by atoms with Crippen LogP contribution in [0.25, 0.3) is 0 Å². The Morgan fingerprint density at radius 2 is 1.24 bits per heavy atom. The van der Waals surface area contributed by atoms with Gasteiger partial charge in [-0.15, -0.1) is 30.3 Å². The number of aliphatic carboxylic acids is 1. The van der Waals surface area contributed by atoms with Crippen LogP contribution in [0, 0.1) is 30.3 Å². The highest BCUT2D eigenvalue weighted by molar-refractivity contribution is 5.72. The molecule has 0 unspecified atom stereocenters. The Morgan fingerprint density at radius 1 is 1.00 bits per heavy atom. The van der Waals surface area contributed by atoms with E-state index in [1.807, 2.05) is 0 Å². The topological polar surface area (TPSA) is 279 Å². The van der Waals surface area contributed by atoms with Crippen LogP contribution in [0.2, 0.25) is 0 Å². The molecule has 16 heteroatoms. The van der Waals surface area contributed by atoms with Crippen LogP contribution in [0.3, 0.4) is 0 Å². The zero-order valence-corrected chi connectivity index (χ0v) is 10.3. The summed E-state index contributed by atoms with van der Waals surface area (Å²) in [5, 5.41) is 49.2. The largest absolute Gasteiger partial charge is 0.480 e. The van der Waals surface area contributed by atoms with Crippen LogP contribution in [0.15, 0.2) is 0 Å². The van der Waals surface area contributed by atoms with Crippen molar-refractivity contribution >= 4 is 5.97 Å². The van der Waals surface area contributed by atoms with Crippen LogP contribution in [0.5, 0.6) is 0 Å². The first-order chi connectivity index (χ1) is 9.38. The SMILES string of the molecule is NCCC[C@@H](N)C(=O)O.O=[N+]([O-])O.O=[N+]([O-])O.O=[N+]([O-])O. The Hall–Kier alpha value is -3.01. The molecule has 0 bridgehead atoms. The van der Waals surface area contributed by atoms with Crippen LogP contribution in [-0.4, -0.2) is 54.5 Å². The second-order valence-electron chi connectivity index (χ2n) is 2.59. The van der Waals surface area contributed by atoms with Crippen LogP contribution in [-0.2, 0) is 4.79 Å². The van der Waals surface area contributed by atoms with Gasteiger partial charge in [-0.3, -0.25) is 4.79 Å². The lowest BCUT2D eigenvalue weighted by Crippen LogP contribution is -2.30. The van der Waals surface area contributed by atoms with Gasteiger partial charge in [-0.2, -0.15) is 0 Å². The van der Waals surface area contributed by atoms with E-state index in [0.29, 0.717) is 19.4 Å². The van der Waals surface area contributed by atoms with E-state index in [4.69, 9.17) is 62.5 Å². The quantitative estimate of drug-likeness (QED) is 0.243. The van der Waals surface area contributed by atoms with Crippen molar-refractivity contribution in [3.8, 4) is 0 Å². The molecule has 0 aromatic heterocycles. The van der Waals surface area contributed by atoms with Crippen LogP contribution in [0.4, 0.5) is 0 Å². The lowest BCUT2D eigenvalue weighted by molar-refractivity contribution is -0.742. The van der Waals surface area contributed by atoms with Gasteiger partial charge in [-0.1, -0.05) is 0 Å². The maximum Gasteiger partial charge on any atom is 0.320 e. The minimum Gasteiger partial charge on any atom is -0.480 e. The zero-order valence-electron chi connectivity index (χ0n) is 10.3. The molecule has 0 fully saturated rings. The summed E-state index contributed by atoms with van der Waals surface area (Å²) in [5.41, 5.74) is 10.3. The van der Waals surface area contributed by atoms with Crippen LogP contribution in [0.1, 0.15) is 12.8 Å². The van der Waals surface area contributed by atoms with Gasteiger partial charge < -0.3 is 32.2 Å². The van der Waals surface area contributed by atoms with Gasteiger partial charge in [0.25, 0.3) is 15.3 Å². The normalized spacial score (nSPS) is 9.05. The number of carbonyl (C=O) groups is 1. The van der Waals surface area contributed by atoms with Crippen molar-refractivity contribution in [3.05, 3.63) is 30.3 Å². The minimum atomic E-state index is -1.50. The van der Waals surface area contributed by atoms with E-state index in [2.05, 4.69) is 0 Å². The molecule has 0 rings (SSSR count). The van der Waals surface area contributed by atoms with Gasteiger partial charge in [0.2, 0.25) is 0 Å². The summed E-state index contributed by atoms with van der Waals surface area (Å²) in [7, 11) is 0. The van der Waals surface area contributed by atoms with E-state index >= 15 is 0 Å². The lowest BCUT2D eigenvalue weighted by atomic mass is 10.2. The molecule has 21 heavy (non-hydrogen) atoms. The van der Waals surface area contributed by atoms with Gasteiger partial charge in [-0.05, 0) is 19.4 Å². The van der Waals surface area contributed by atoms with Gasteiger partial charge >= 0.3 is 5.97 Å². The molecule has 1 atom stereocenters. The number of hydrogen-bond donors (Lipinski definition) is 6. The molecule has 0 saturated heterocycles. The van der Waals surface area contributed by atoms with Crippen molar-refractivity contribution in [1.82, 2.24) is 0 Å². The van der Waals surface area contributed by atoms with Crippen molar-refractivity contribution in [2.24, 2.45) is 11.5 Å². The van der Waals surface area contributed by atoms with E-state index in [0.717, 1.165) is 0 Å². The first kappa shape index (κ1) is 26.5. The first-order valence-electron chi connectivity index (χ1n) is 4.56. The minimum absolute atomic E-state index is 0.464. The Bertz CT molecular complexity index is 269. The Morgan fingerprint density at radius 3 is 1.38 bits per heavy atom. The molecule has 0 radical (unpaired) electrons. The van der Waals surface area contributed by atoms with Gasteiger partial charge in [0.15, 0.2) is 0 Å². The van der Waals surface area contributed by atoms with E-state index < -0.39 is 27.3 Å². The smallest absolute Gasteiger partial charge is 0.320 e. The van der Waals surface area contributed by atoms with Crippen molar-refractivity contribution < 1.29 is 40.8 Å². The average Bonchev–Trinajstić information content (AvgIpc) is 2.23. The molecule has 126 valence electrons. The third kappa shape index (κ3) is 153. The third-order valence-corrected chi connectivity index (χ3v) is 1.04. The molecule has 0 amide bonds. The number of nitrogens with zero attached hydrogens (tertiary/aromatic N) is 3. The van der Waals surface area contributed by atoms with Crippen LogP contribution >= 0.6 is 0 Å². The summed E-state index contributed by atoms with van der Waals surface area (Å²) < 4.78 is 0. The molecule has 0 aliphatic rings. The highest BCUT2D eigenvalue weighted by Gasteiger charge is 2.08. The molecule has 0 aliphatic carbocycles. The molecule has 0 heterocycles. The maximum absolute atomic E-state index is 10.0. The maximum atomic E-state index is 10.0. The fourth-order valence-corrected chi connectivity index (χ4v) is 0.461. The predicted octanol–water partition coefficient (Wildman–Crippen LogP) is -1.91. The second kappa shape index (κ2) is 19.3. The number of carboxylic acids is 1. The highest BCUT2D eigenvalue weighted by Crippen LogP contribution is 1.91. The summed E-state index contributed by atoms with van der Waals surface area (Å²) in [6.07, 6.45) is 1.14. The summed E-state index contributed by atoms with van der Waals surface area (Å²) >= 11 is 0. The zero-order chi connectivity index (χ0) is 18.0. The molecule has 0 spiro atoms. The lowest BCUT2D eigenvalue weighted by Gasteiger charge is -2.02. The number of nitrogens with two attached hydrogens (primary N) is 2. The van der Waals surface area contributed by atoms with E-state index in [-0.39, 0.29) is 0 Å². The van der Waals surface area contributed by atoms with Gasteiger partial charge in [0, 0.05) is 0 Å². The number of rotatable bonds is 4. The molecule has 0 saturated carbocycles. The number of carboxylic acid groups (broad SMARTS) is 1. The molecule has 0 aromatic rings. The molecule has 16 nitrogen and oxygen atoms in total. The Labute approximate surface area is 115 Å². The molecular weight excluding hydrogens is 306 g/mol. The average molecular weight is 321 g/mol. The highest BCUT2D eigenvalue weighted by atomic mass is 16.9. The summed E-state index contributed by atoms with van der Waals surface area (Å²) in [5.74, 6) is -0.955. The van der Waals surface area contributed by atoms with E-state index in [9.17, 15) is 4.79 Å². The molecule has 8 N–H and O–H groups in total. The van der Waals surface area contributed by atoms with Crippen molar-refractivity contribution in [2.45, 2.75) is 18.9 Å². The second-order valence-corrected chi connectivity index (χ2v) is 2.59. The summed E-state index contributed by atoms with van der Waals surface area (Å²) in [6.45, 7) is 0.501. The Balaban J connectivity index is -0.000000102.